The van der Waals surface area contributed by atoms with Crippen LogP contribution in [0.1, 0.15) is 58.8 Å². The summed E-state index contributed by atoms with van der Waals surface area (Å²) >= 11 is 5.94. The van der Waals surface area contributed by atoms with Crippen LogP contribution < -0.4 is 10.1 Å². The molecule has 0 aromatic heterocycles. The molecule has 2 unspecified atom stereocenters. The van der Waals surface area contributed by atoms with Crippen LogP contribution in [-0.4, -0.2) is 28.6 Å². The second-order valence-electron chi connectivity index (χ2n) is 10.3. The van der Waals surface area contributed by atoms with Crippen molar-refractivity contribution in [2.24, 2.45) is 23.2 Å². The molecule has 1 aromatic carbocycles. The molecule has 1 amide bonds. The Bertz CT molecular complexity index is 847. The van der Waals surface area contributed by atoms with Gasteiger partial charge in [-0.25, -0.2) is 4.79 Å². The summed E-state index contributed by atoms with van der Waals surface area (Å²) in [5.74, 6) is 1.43. The molecule has 168 valence electrons. The van der Waals surface area contributed by atoms with E-state index in [0.29, 0.717) is 28.0 Å². The molecule has 5 rings (SSSR count). The van der Waals surface area contributed by atoms with Gasteiger partial charge in [-0.1, -0.05) is 17.7 Å². The fourth-order valence-electron chi connectivity index (χ4n) is 6.48. The number of amides is 1. The van der Waals surface area contributed by atoms with Crippen LogP contribution in [0.25, 0.3) is 0 Å². The van der Waals surface area contributed by atoms with Crippen LogP contribution in [0.4, 0.5) is 0 Å². The Labute approximate surface area is 189 Å². The Morgan fingerprint density at radius 3 is 2.45 bits per heavy atom. The van der Waals surface area contributed by atoms with E-state index in [2.05, 4.69) is 5.32 Å². The molecule has 6 heteroatoms. The van der Waals surface area contributed by atoms with Crippen LogP contribution in [0.2, 0.25) is 5.02 Å². The molecule has 4 fully saturated rings. The number of carboxylic acids is 1. The number of carboxylic acid groups (broad SMARTS) is 1. The first-order valence-corrected chi connectivity index (χ1v) is 11.7. The van der Waals surface area contributed by atoms with Crippen LogP contribution >= 0.6 is 11.6 Å². The lowest BCUT2D eigenvalue weighted by atomic mass is 9.47. The highest BCUT2D eigenvalue weighted by molar-refractivity contribution is 6.30. The van der Waals surface area contributed by atoms with E-state index in [0.717, 1.165) is 31.6 Å². The number of hydrogen-bond donors (Lipinski definition) is 2. The highest BCUT2D eigenvalue weighted by Crippen LogP contribution is 2.61. The van der Waals surface area contributed by atoms with Gasteiger partial charge in [0, 0.05) is 17.1 Å². The van der Waals surface area contributed by atoms with E-state index in [-0.39, 0.29) is 11.9 Å². The Balaban J connectivity index is 1.38. The van der Waals surface area contributed by atoms with Gasteiger partial charge in [-0.2, -0.15) is 0 Å². The van der Waals surface area contributed by atoms with E-state index in [1.165, 1.54) is 25.3 Å². The van der Waals surface area contributed by atoms with Crippen LogP contribution in [0.3, 0.4) is 0 Å². The predicted octanol–water partition coefficient (Wildman–Crippen LogP) is 5.23. The molecule has 5 nitrogen and oxygen atoms in total. The number of carbonyl (C=O) groups is 2. The average molecular weight is 446 g/mol. The van der Waals surface area contributed by atoms with E-state index < -0.39 is 11.6 Å². The molecule has 0 spiro atoms. The number of allylic oxidation sites excluding steroid dienone is 1. The van der Waals surface area contributed by atoms with Gasteiger partial charge in [-0.05, 0) is 106 Å². The standard InChI is InChI=1S/C25H32ClNO4/c1-24(2,31-20-8-6-19(26)7-9-20)23(30)27-22-17-11-16-12-18(22)15-25(13-16,14-17)10-4-3-5-21(28)29/h3,5-9,16-18,22H,4,10-15H2,1-2H3,(H,27,30)(H,28,29)/b5-3+. The quantitative estimate of drug-likeness (QED) is 0.537. The van der Waals surface area contributed by atoms with Gasteiger partial charge in [-0.15, -0.1) is 0 Å². The first kappa shape index (κ1) is 22.2. The van der Waals surface area contributed by atoms with Crippen molar-refractivity contribution in [3.8, 4) is 5.75 Å². The van der Waals surface area contributed by atoms with Crippen molar-refractivity contribution < 1.29 is 19.4 Å². The zero-order valence-corrected chi connectivity index (χ0v) is 19.0. The summed E-state index contributed by atoms with van der Waals surface area (Å²) in [5, 5.41) is 12.8. The number of ether oxygens (including phenoxy) is 1. The van der Waals surface area contributed by atoms with E-state index in [1.807, 2.05) is 13.8 Å². The molecule has 1 aromatic rings. The van der Waals surface area contributed by atoms with Gasteiger partial charge in [0.1, 0.15) is 5.75 Å². The lowest BCUT2D eigenvalue weighted by Gasteiger charge is -2.60. The molecular weight excluding hydrogens is 414 g/mol. The van der Waals surface area contributed by atoms with Crippen molar-refractivity contribution in [2.45, 2.75) is 70.4 Å². The third-order valence-corrected chi connectivity index (χ3v) is 7.78. The third-order valence-electron chi connectivity index (χ3n) is 7.53. The lowest BCUT2D eigenvalue weighted by Crippen LogP contribution is -2.61. The number of aliphatic carboxylic acids is 1. The number of carbonyl (C=O) groups excluding carboxylic acids is 1. The molecule has 0 radical (unpaired) electrons. The number of nitrogens with one attached hydrogen (secondary N) is 1. The van der Waals surface area contributed by atoms with Crippen LogP contribution in [0.15, 0.2) is 36.4 Å². The van der Waals surface area contributed by atoms with Crippen molar-refractivity contribution >= 4 is 23.5 Å². The summed E-state index contributed by atoms with van der Waals surface area (Å²) < 4.78 is 5.99. The van der Waals surface area contributed by atoms with Crippen molar-refractivity contribution in [1.29, 1.82) is 0 Å². The van der Waals surface area contributed by atoms with Crippen molar-refractivity contribution in [2.75, 3.05) is 0 Å². The van der Waals surface area contributed by atoms with E-state index in [4.69, 9.17) is 21.4 Å². The maximum absolute atomic E-state index is 13.2. The monoisotopic (exact) mass is 445 g/mol. The Hall–Kier alpha value is -2.01. The predicted molar refractivity (Wildman–Crippen MR) is 120 cm³/mol. The van der Waals surface area contributed by atoms with E-state index in [1.54, 1.807) is 30.3 Å². The van der Waals surface area contributed by atoms with Crippen molar-refractivity contribution in [1.82, 2.24) is 5.32 Å². The zero-order chi connectivity index (χ0) is 22.2. The molecule has 4 aliphatic carbocycles. The largest absolute Gasteiger partial charge is 0.478 e. The Morgan fingerprint density at radius 1 is 1.19 bits per heavy atom. The number of halogens is 1. The minimum Gasteiger partial charge on any atom is -0.478 e. The fraction of sp³-hybridized carbons (Fsp3) is 0.600. The maximum Gasteiger partial charge on any atom is 0.327 e. The van der Waals surface area contributed by atoms with Gasteiger partial charge in [0.15, 0.2) is 5.60 Å². The first-order valence-electron chi connectivity index (χ1n) is 11.3. The molecule has 0 heterocycles. The summed E-state index contributed by atoms with van der Waals surface area (Å²) in [6.07, 6.45) is 10.8. The summed E-state index contributed by atoms with van der Waals surface area (Å²) in [4.78, 5) is 23.9. The number of hydrogen-bond acceptors (Lipinski definition) is 3. The minimum absolute atomic E-state index is 0.0710. The van der Waals surface area contributed by atoms with Gasteiger partial charge in [0.25, 0.3) is 5.91 Å². The Morgan fingerprint density at radius 2 is 1.84 bits per heavy atom. The lowest BCUT2D eigenvalue weighted by molar-refractivity contribution is -0.141. The third kappa shape index (κ3) is 4.92. The van der Waals surface area contributed by atoms with Crippen molar-refractivity contribution in [3.63, 3.8) is 0 Å². The fourth-order valence-corrected chi connectivity index (χ4v) is 6.60. The smallest absolute Gasteiger partial charge is 0.327 e. The second kappa shape index (κ2) is 8.50. The maximum atomic E-state index is 13.2. The second-order valence-corrected chi connectivity index (χ2v) is 10.8. The van der Waals surface area contributed by atoms with Gasteiger partial charge in [-0.3, -0.25) is 4.79 Å². The van der Waals surface area contributed by atoms with Gasteiger partial charge < -0.3 is 15.2 Å². The highest BCUT2D eigenvalue weighted by Gasteiger charge is 2.55. The molecule has 0 aliphatic heterocycles. The van der Waals surface area contributed by atoms with Crippen LogP contribution in [-0.2, 0) is 9.59 Å². The summed E-state index contributed by atoms with van der Waals surface area (Å²) in [5.41, 5.74) is -0.655. The normalized spacial score (nSPS) is 31.7. The number of benzene rings is 1. The van der Waals surface area contributed by atoms with Crippen LogP contribution in [0.5, 0.6) is 5.75 Å². The van der Waals surface area contributed by atoms with Gasteiger partial charge in [0.2, 0.25) is 0 Å². The zero-order valence-electron chi connectivity index (χ0n) is 18.3. The SMILES string of the molecule is CC(C)(Oc1ccc(Cl)cc1)C(=O)NC1C2CC3CC1CC(CC/C=C/C(=O)O)(C3)C2. The molecule has 31 heavy (non-hydrogen) atoms. The summed E-state index contributed by atoms with van der Waals surface area (Å²) in [6, 6.07) is 7.28. The molecule has 2 N–H and O–H groups in total. The molecular formula is C25H32ClNO4. The van der Waals surface area contributed by atoms with Crippen molar-refractivity contribution in [3.05, 3.63) is 41.4 Å². The van der Waals surface area contributed by atoms with Crippen LogP contribution in [0, 0.1) is 23.2 Å². The molecule has 4 saturated carbocycles. The average Bonchev–Trinajstić information content (AvgIpc) is 2.69. The number of rotatable bonds is 8. The topological polar surface area (TPSA) is 75.6 Å². The highest BCUT2D eigenvalue weighted by atomic mass is 35.5. The first-order chi connectivity index (χ1) is 14.7. The van der Waals surface area contributed by atoms with Gasteiger partial charge in [0.05, 0.1) is 0 Å². The van der Waals surface area contributed by atoms with Gasteiger partial charge >= 0.3 is 5.97 Å². The molecule has 4 bridgehead atoms. The van der Waals surface area contributed by atoms with E-state index in [9.17, 15) is 9.59 Å². The summed E-state index contributed by atoms with van der Waals surface area (Å²) in [6.45, 7) is 3.62. The summed E-state index contributed by atoms with van der Waals surface area (Å²) in [7, 11) is 0. The Kier molecular flexibility index (Phi) is 6.08. The molecule has 4 aliphatic rings. The minimum atomic E-state index is -0.970. The molecule has 0 saturated heterocycles. The molecule has 2 atom stereocenters. The van der Waals surface area contributed by atoms with E-state index >= 15 is 0 Å².